The molecule has 0 fully saturated rings. The van der Waals surface area contributed by atoms with E-state index in [1.54, 1.807) is 0 Å². The average Bonchev–Trinajstić information content (AvgIpc) is 3.20. The van der Waals surface area contributed by atoms with E-state index in [-0.39, 0.29) is 38.6 Å². The van der Waals surface area contributed by atoms with Crippen LogP contribution in [0.2, 0.25) is 10.0 Å². The highest BCUT2D eigenvalue weighted by Gasteiger charge is 2.19. The number of aromatic hydroxyl groups is 1. The van der Waals surface area contributed by atoms with Crippen LogP contribution < -0.4 is 5.32 Å². The number of hydrogen-bond donors (Lipinski definition) is 2. The first kappa shape index (κ1) is 21.2. The number of aromatic nitrogens is 1. The normalized spacial score (nSPS) is 10.0. The summed E-state index contributed by atoms with van der Waals surface area (Å²) >= 11 is 12.1. The second-order valence-corrected chi connectivity index (χ2v) is 5.88. The first-order valence-corrected chi connectivity index (χ1v) is 8.80. The van der Waals surface area contributed by atoms with Crippen molar-refractivity contribution in [3.05, 3.63) is 68.5 Å². The maximum atomic E-state index is 12.4. The van der Waals surface area contributed by atoms with Gasteiger partial charge in [-0.3, -0.25) is 14.9 Å². The number of phenolic OH excluding ortho intramolecular Hbond substituents is 1. The van der Waals surface area contributed by atoms with Gasteiger partial charge in [-0.15, -0.1) is 0 Å². The maximum absolute atomic E-state index is 12.4. The molecule has 3 rings (SSSR count). The van der Waals surface area contributed by atoms with E-state index in [1.165, 1.54) is 36.7 Å². The zero-order valence-corrected chi connectivity index (χ0v) is 16.3. The van der Waals surface area contributed by atoms with E-state index >= 15 is 0 Å². The highest BCUT2D eigenvalue weighted by molar-refractivity contribution is 6.35. The second-order valence-electron chi connectivity index (χ2n) is 5.06. The first-order chi connectivity index (χ1) is 13.4. The van der Waals surface area contributed by atoms with Gasteiger partial charge in [0, 0.05) is 12.1 Å². The van der Waals surface area contributed by atoms with Crippen molar-refractivity contribution in [3.8, 4) is 17.2 Å². The number of oxazole rings is 1. The Balaban J connectivity index is 0.00000136. The fraction of sp³-hybridized carbons (Fsp3) is 0.111. The van der Waals surface area contributed by atoms with Crippen molar-refractivity contribution in [3.63, 3.8) is 0 Å². The Hall–Kier alpha value is -3.10. The van der Waals surface area contributed by atoms with Crippen LogP contribution in [-0.4, -0.2) is 20.9 Å². The van der Waals surface area contributed by atoms with Gasteiger partial charge in [0.15, 0.2) is 0 Å². The van der Waals surface area contributed by atoms with Crippen LogP contribution in [0, 0.1) is 10.1 Å². The van der Waals surface area contributed by atoms with E-state index in [0.29, 0.717) is 5.56 Å². The van der Waals surface area contributed by atoms with Crippen molar-refractivity contribution in [1.29, 1.82) is 0 Å². The monoisotopic (exact) mass is 423 g/mol. The van der Waals surface area contributed by atoms with E-state index in [1.807, 2.05) is 13.8 Å². The standard InChI is InChI=1S/C16H9Cl2N3O5.C2H6/c17-11-6-10(14(22)7-9(11)16-19-3-4-26-16)15(23)20-13-2-1-8(21(24)25)5-12(13)18;1-2/h1-7,22H,(H,20,23);1-2H3. The maximum Gasteiger partial charge on any atom is 0.271 e. The molecule has 0 unspecified atom stereocenters. The Morgan fingerprint density at radius 1 is 1.21 bits per heavy atom. The molecule has 0 radical (unpaired) electrons. The molecule has 146 valence electrons. The van der Waals surface area contributed by atoms with Crippen LogP contribution in [0.1, 0.15) is 24.2 Å². The average molecular weight is 424 g/mol. The van der Waals surface area contributed by atoms with E-state index in [4.69, 9.17) is 27.6 Å². The third-order valence-electron chi connectivity index (χ3n) is 3.40. The third-order valence-corrected chi connectivity index (χ3v) is 4.03. The molecule has 3 aromatic rings. The Bertz CT molecular complexity index is 1010. The van der Waals surface area contributed by atoms with Crippen molar-refractivity contribution in [2.75, 3.05) is 5.32 Å². The van der Waals surface area contributed by atoms with Gasteiger partial charge in [0.2, 0.25) is 5.89 Å². The minimum absolute atomic E-state index is 0.0189. The van der Waals surface area contributed by atoms with Crippen LogP contribution >= 0.6 is 23.2 Å². The number of non-ortho nitro benzene ring substituents is 1. The summed E-state index contributed by atoms with van der Waals surface area (Å²) in [5, 5.41) is 23.4. The number of nitro groups is 1. The molecule has 0 aliphatic rings. The van der Waals surface area contributed by atoms with Gasteiger partial charge in [0.1, 0.15) is 12.0 Å². The quantitative estimate of drug-likeness (QED) is 0.419. The smallest absolute Gasteiger partial charge is 0.271 e. The molecule has 0 spiro atoms. The number of phenols is 1. The second kappa shape index (κ2) is 9.20. The van der Waals surface area contributed by atoms with Crippen molar-refractivity contribution >= 4 is 40.5 Å². The lowest BCUT2D eigenvalue weighted by atomic mass is 10.1. The number of benzene rings is 2. The molecule has 1 aromatic heterocycles. The summed E-state index contributed by atoms with van der Waals surface area (Å²) in [7, 11) is 0. The van der Waals surface area contributed by atoms with Crippen LogP contribution in [0.3, 0.4) is 0 Å². The number of rotatable bonds is 4. The van der Waals surface area contributed by atoms with E-state index in [2.05, 4.69) is 10.3 Å². The highest BCUT2D eigenvalue weighted by Crippen LogP contribution is 2.34. The molecule has 2 N–H and O–H groups in total. The summed E-state index contributed by atoms with van der Waals surface area (Å²) in [6.45, 7) is 4.00. The lowest BCUT2D eigenvalue weighted by Gasteiger charge is -2.10. The van der Waals surface area contributed by atoms with E-state index in [9.17, 15) is 20.0 Å². The summed E-state index contributed by atoms with van der Waals surface area (Å²) in [5.74, 6) is -0.854. The topological polar surface area (TPSA) is 118 Å². The van der Waals surface area contributed by atoms with Gasteiger partial charge in [-0.25, -0.2) is 4.98 Å². The highest BCUT2D eigenvalue weighted by atomic mass is 35.5. The summed E-state index contributed by atoms with van der Waals surface area (Å²) < 4.78 is 5.12. The van der Waals surface area contributed by atoms with Crippen molar-refractivity contribution in [1.82, 2.24) is 4.98 Å². The van der Waals surface area contributed by atoms with Crippen LogP contribution in [0.25, 0.3) is 11.5 Å². The fourth-order valence-electron chi connectivity index (χ4n) is 2.17. The number of halogens is 2. The van der Waals surface area contributed by atoms with Gasteiger partial charge in [-0.1, -0.05) is 37.0 Å². The molecule has 0 saturated carbocycles. The van der Waals surface area contributed by atoms with Crippen molar-refractivity contribution < 1.29 is 19.2 Å². The van der Waals surface area contributed by atoms with E-state index < -0.39 is 10.8 Å². The number of carbonyl (C=O) groups excluding carboxylic acids is 1. The number of anilines is 1. The van der Waals surface area contributed by atoms with Gasteiger partial charge >= 0.3 is 0 Å². The van der Waals surface area contributed by atoms with Crippen LogP contribution in [0.4, 0.5) is 11.4 Å². The molecule has 28 heavy (non-hydrogen) atoms. The molecule has 0 saturated heterocycles. The molecule has 0 atom stereocenters. The fourth-order valence-corrected chi connectivity index (χ4v) is 2.64. The lowest BCUT2D eigenvalue weighted by Crippen LogP contribution is -2.12. The molecule has 0 aliphatic carbocycles. The lowest BCUT2D eigenvalue weighted by molar-refractivity contribution is -0.384. The predicted molar refractivity (Wildman–Crippen MR) is 106 cm³/mol. The molecule has 2 aromatic carbocycles. The Morgan fingerprint density at radius 2 is 1.93 bits per heavy atom. The molecule has 10 heteroatoms. The molecule has 0 aliphatic heterocycles. The van der Waals surface area contributed by atoms with Gasteiger partial charge in [-0.2, -0.15) is 0 Å². The summed E-state index contributed by atoms with van der Waals surface area (Å²) in [4.78, 5) is 26.4. The van der Waals surface area contributed by atoms with Crippen LogP contribution in [0.5, 0.6) is 5.75 Å². The minimum Gasteiger partial charge on any atom is -0.507 e. The Morgan fingerprint density at radius 3 is 2.50 bits per heavy atom. The number of amides is 1. The summed E-state index contributed by atoms with van der Waals surface area (Å²) in [6, 6.07) is 6.10. The van der Waals surface area contributed by atoms with Crippen molar-refractivity contribution in [2.24, 2.45) is 0 Å². The number of nitro benzene ring substituents is 1. The Kier molecular flexibility index (Phi) is 6.97. The number of carbonyl (C=O) groups is 1. The van der Waals surface area contributed by atoms with Crippen LogP contribution in [0.15, 0.2) is 47.2 Å². The molecule has 0 bridgehead atoms. The van der Waals surface area contributed by atoms with Gasteiger partial charge in [-0.05, 0) is 18.2 Å². The van der Waals surface area contributed by atoms with Gasteiger partial charge in [0.25, 0.3) is 11.6 Å². The Labute approximate surface area is 169 Å². The number of hydrogen-bond acceptors (Lipinski definition) is 6. The van der Waals surface area contributed by atoms with Crippen LogP contribution in [-0.2, 0) is 0 Å². The predicted octanol–water partition coefficient (Wildman–Crippen LogP) is 5.54. The zero-order valence-electron chi connectivity index (χ0n) is 14.8. The summed E-state index contributed by atoms with van der Waals surface area (Å²) in [5.41, 5.74) is 0.141. The summed E-state index contributed by atoms with van der Waals surface area (Å²) in [6.07, 6.45) is 2.76. The number of nitrogens with zero attached hydrogens (tertiary/aromatic N) is 2. The molecule has 8 nitrogen and oxygen atoms in total. The van der Waals surface area contributed by atoms with Crippen molar-refractivity contribution in [2.45, 2.75) is 13.8 Å². The first-order valence-electron chi connectivity index (χ1n) is 8.04. The third kappa shape index (κ3) is 4.59. The van der Waals surface area contributed by atoms with Gasteiger partial charge < -0.3 is 14.8 Å². The van der Waals surface area contributed by atoms with E-state index in [0.717, 1.165) is 6.07 Å². The number of nitrogens with one attached hydrogen (secondary N) is 1. The van der Waals surface area contributed by atoms with Gasteiger partial charge in [0.05, 0.1) is 38.0 Å². The zero-order chi connectivity index (χ0) is 20.8. The molecular weight excluding hydrogens is 409 g/mol. The largest absolute Gasteiger partial charge is 0.507 e. The molecule has 1 heterocycles. The SMILES string of the molecule is CC.O=C(Nc1ccc([N+](=O)[O-])cc1Cl)c1cc(Cl)c(-c2ncco2)cc1O. The minimum atomic E-state index is -0.695. The molecule has 1 amide bonds. The molecular formula is C18H15Cl2N3O5.